The molecule has 1 aromatic carbocycles. The minimum absolute atomic E-state index is 0.236. The van der Waals surface area contributed by atoms with Crippen molar-refractivity contribution >= 4 is 28.3 Å². The number of nitrogens with zero attached hydrogens (tertiary/aromatic N) is 1. The molecule has 1 aliphatic rings. The van der Waals surface area contributed by atoms with Gasteiger partial charge in [-0.1, -0.05) is 0 Å². The van der Waals surface area contributed by atoms with E-state index in [4.69, 9.17) is 6.57 Å². The molecule has 1 fully saturated rings. The summed E-state index contributed by atoms with van der Waals surface area (Å²) in [6.07, 6.45) is 2.77. The van der Waals surface area contributed by atoms with Gasteiger partial charge in [0.15, 0.2) is 0 Å². The predicted octanol–water partition coefficient (Wildman–Crippen LogP) is 3.64. The molecule has 78 valence electrons. The van der Waals surface area contributed by atoms with Crippen LogP contribution in [0.25, 0.3) is 4.85 Å². The van der Waals surface area contributed by atoms with E-state index in [1.54, 1.807) is 6.07 Å². The van der Waals surface area contributed by atoms with Gasteiger partial charge in [-0.3, -0.25) is 4.85 Å². The first-order valence-electron chi connectivity index (χ1n) is 4.77. The van der Waals surface area contributed by atoms with E-state index < -0.39 is 5.66 Å². The highest BCUT2D eigenvalue weighted by molar-refractivity contribution is 14.1. The summed E-state index contributed by atoms with van der Waals surface area (Å²) in [6, 6.07) is 4.98. The molecule has 0 saturated heterocycles. The Hall–Kier alpha value is -0.830. The fraction of sp³-hybridized carbons (Fsp3) is 0.364. The summed E-state index contributed by atoms with van der Waals surface area (Å²) < 4.78 is 13.9. The molecule has 2 nitrogen and oxygen atoms in total. The van der Waals surface area contributed by atoms with Gasteiger partial charge >= 0.3 is 5.66 Å². The van der Waals surface area contributed by atoms with E-state index in [1.807, 2.05) is 28.7 Å². The van der Waals surface area contributed by atoms with Crippen LogP contribution >= 0.6 is 22.6 Å². The summed E-state index contributed by atoms with van der Waals surface area (Å²) >= 11 is 1.95. The monoisotopic (exact) mass is 316 g/mol. The molecule has 2 rings (SSSR count). The lowest BCUT2D eigenvalue weighted by atomic mass is 9.85. The molecule has 0 unspecified atom stereocenters. The van der Waals surface area contributed by atoms with Crippen LogP contribution in [0.1, 0.15) is 19.3 Å². The second-order valence-electron chi connectivity index (χ2n) is 3.75. The summed E-state index contributed by atoms with van der Waals surface area (Å²) in [5.74, 6) is -0.236. The molecular weight excluding hydrogens is 306 g/mol. The van der Waals surface area contributed by atoms with E-state index in [2.05, 4.69) is 10.2 Å². The molecule has 1 saturated carbocycles. The number of anilines is 1. The number of nitrogens with one attached hydrogen (secondary N) is 1. The average molecular weight is 316 g/mol. The Morgan fingerprint density at radius 3 is 2.67 bits per heavy atom. The van der Waals surface area contributed by atoms with Gasteiger partial charge in [-0.2, -0.15) is 0 Å². The van der Waals surface area contributed by atoms with Crippen LogP contribution in [0.15, 0.2) is 18.2 Å². The highest BCUT2D eigenvalue weighted by Gasteiger charge is 2.43. The Bertz CT molecular complexity index is 421. The Morgan fingerprint density at radius 2 is 2.20 bits per heavy atom. The van der Waals surface area contributed by atoms with Crippen LogP contribution in [0, 0.1) is 16.0 Å². The van der Waals surface area contributed by atoms with Gasteiger partial charge in [0.1, 0.15) is 5.82 Å². The lowest BCUT2D eigenvalue weighted by Gasteiger charge is -2.31. The van der Waals surface area contributed by atoms with Crippen molar-refractivity contribution in [3.05, 3.63) is 39.0 Å². The summed E-state index contributed by atoms with van der Waals surface area (Å²) in [4.78, 5) is 3.59. The van der Waals surface area contributed by atoms with Crippen molar-refractivity contribution in [1.29, 1.82) is 0 Å². The van der Waals surface area contributed by atoms with Gasteiger partial charge in [-0.25, -0.2) is 11.0 Å². The molecule has 1 aliphatic carbocycles. The van der Waals surface area contributed by atoms with Crippen molar-refractivity contribution in [3.63, 3.8) is 0 Å². The van der Waals surface area contributed by atoms with Crippen LogP contribution in [0.2, 0.25) is 0 Å². The van der Waals surface area contributed by atoms with Crippen molar-refractivity contribution in [1.82, 2.24) is 0 Å². The topological polar surface area (TPSA) is 16.4 Å². The number of hydrogen-bond acceptors (Lipinski definition) is 1. The van der Waals surface area contributed by atoms with Crippen molar-refractivity contribution in [2.24, 2.45) is 0 Å². The Labute approximate surface area is 102 Å². The quantitative estimate of drug-likeness (QED) is 0.651. The van der Waals surface area contributed by atoms with Crippen molar-refractivity contribution in [3.8, 4) is 0 Å². The standard InChI is InChI=1S/C11H10FIN2/c1-14-11(5-2-6-11)15-8-3-4-10(13)9(12)7-8/h3-4,7,15H,2,5-6H2. The molecule has 15 heavy (non-hydrogen) atoms. The first kappa shape index (κ1) is 10.7. The number of halogens is 2. The summed E-state index contributed by atoms with van der Waals surface area (Å²) in [5, 5.41) is 3.11. The molecule has 0 bridgehead atoms. The van der Waals surface area contributed by atoms with Gasteiger partial charge in [-0.05, 0) is 47.2 Å². The molecule has 0 heterocycles. The van der Waals surface area contributed by atoms with Gasteiger partial charge in [0.2, 0.25) is 0 Å². The summed E-state index contributed by atoms with van der Waals surface area (Å²) in [6.45, 7) is 7.12. The van der Waals surface area contributed by atoms with E-state index in [9.17, 15) is 4.39 Å². The maximum Gasteiger partial charge on any atom is 0.305 e. The van der Waals surface area contributed by atoms with E-state index in [1.165, 1.54) is 6.07 Å². The lowest BCUT2D eigenvalue weighted by Crippen LogP contribution is -2.41. The van der Waals surface area contributed by atoms with E-state index in [0.717, 1.165) is 19.3 Å². The highest BCUT2D eigenvalue weighted by atomic mass is 127. The second-order valence-corrected chi connectivity index (χ2v) is 4.91. The van der Waals surface area contributed by atoms with Crippen molar-refractivity contribution in [2.45, 2.75) is 24.9 Å². The van der Waals surface area contributed by atoms with Gasteiger partial charge < -0.3 is 5.32 Å². The third-order valence-corrected chi connectivity index (χ3v) is 3.57. The van der Waals surface area contributed by atoms with Gasteiger partial charge in [0, 0.05) is 22.1 Å². The third kappa shape index (κ3) is 2.07. The zero-order valence-corrected chi connectivity index (χ0v) is 10.2. The minimum Gasteiger partial charge on any atom is -0.314 e. The maximum atomic E-state index is 13.3. The summed E-state index contributed by atoms with van der Waals surface area (Å²) in [5.41, 5.74) is 0.225. The molecule has 0 atom stereocenters. The molecule has 0 aromatic heterocycles. The SMILES string of the molecule is [C-]#[N+]C1(Nc2ccc(I)c(F)c2)CCC1. The molecule has 0 radical (unpaired) electrons. The van der Waals surface area contributed by atoms with Crippen LogP contribution in [0.5, 0.6) is 0 Å². The smallest absolute Gasteiger partial charge is 0.305 e. The zero-order chi connectivity index (χ0) is 10.9. The van der Waals surface area contributed by atoms with E-state index in [-0.39, 0.29) is 5.82 Å². The molecule has 1 aromatic rings. The van der Waals surface area contributed by atoms with E-state index >= 15 is 0 Å². The lowest BCUT2D eigenvalue weighted by molar-refractivity contribution is 0.343. The fourth-order valence-corrected chi connectivity index (χ4v) is 1.95. The minimum atomic E-state index is -0.473. The largest absolute Gasteiger partial charge is 0.314 e. The zero-order valence-electron chi connectivity index (χ0n) is 8.06. The van der Waals surface area contributed by atoms with Crippen LogP contribution < -0.4 is 5.32 Å². The molecule has 4 heteroatoms. The maximum absolute atomic E-state index is 13.3. The average Bonchev–Trinajstić information content (AvgIpc) is 2.17. The molecular formula is C11H10FIN2. The highest BCUT2D eigenvalue weighted by Crippen LogP contribution is 2.36. The summed E-state index contributed by atoms with van der Waals surface area (Å²) in [7, 11) is 0. The van der Waals surface area contributed by atoms with Gasteiger partial charge in [0.25, 0.3) is 0 Å². The Morgan fingerprint density at radius 1 is 1.47 bits per heavy atom. The fourth-order valence-electron chi connectivity index (χ4n) is 1.62. The molecule has 1 N–H and O–H groups in total. The van der Waals surface area contributed by atoms with Crippen LogP contribution in [0.3, 0.4) is 0 Å². The van der Waals surface area contributed by atoms with Gasteiger partial charge in [0.05, 0.1) is 0 Å². The first-order valence-corrected chi connectivity index (χ1v) is 5.85. The Balaban J connectivity index is 2.18. The predicted molar refractivity (Wildman–Crippen MR) is 65.9 cm³/mol. The molecule has 0 amide bonds. The number of benzene rings is 1. The van der Waals surface area contributed by atoms with Gasteiger partial charge in [-0.15, -0.1) is 0 Å². The molecule has 0 spiro atoms. The van der Waals surface area contributed by atoms with Crippen LogP contribution in [-0.4, -0.2) is 5.66 Å². The second kappa shape index (κ2) is 3.97. The third-order valence-electron chi connectivity index (χ3n) is 2.69. The van der Waals surface area contributed by atoms with Crippen LogP contribution in [-0.2, 0) is 0 Å². The van der Waals surface area contributed by atoms with Crippen molar-refractivity contribution < 1.29 is 4.39 Å². The number of hydrogen-bond donors (Lipinski definition) is 1. The first-order chi connectivity index (χ1) is 7.15. The molecule has 0 aliphatic heterocycles. The van der Waals surface area contributed by atoms with Crippen molar-refractivity contribution in [2.75, 3.05) is 5.32 Å². The van der Waals surface area contributed by atoms with E-state index in [0.29, 0.717) is 9.26 Å². The normalized spacial score (nSPS) is 17.7. The Kier molecular flexibility index (Phi) is 2.83. The van der Waals surface area contributed by atoms with Crippen LogP contribution in [0.4, 0.5) is 10.1 Å². The number of rotatable bonds is 2.